The predicted octanol–water partition coefficient (Wildman–Crippen LogP) is 3.30. The highest BCUT2D eigenvalue weighted by Gasteiger charge is 2.42. The molecule has 2 fully saturated rings. The van der Waals surface area contributed by atoms with E-state index in [4.69, 9.17) is 5.11 Å². The lowest BCUT2D eigenvalue weighted by Gasteiger charge is -2.31. The number of hydrogen-bond acceptors (Lipinski definition) is 2. The van der Waals surface area contributed by atoms with E-state index in [1.165, 1.54) is 0 Å². The van der Waals surface area contributed by atoms with Crippen molar-refractivity contribution >= 4 is 12.0 Å². The van der Waals surface area contributed by atoms with E-state index in [1.54, 1.807) is 0 Å². The summed E-state index contributed by atoms with van der Waals surface area (Å²) < 4.78 is 38.3. The minimum atomic E-state index is -4.15. The fourth-order valence-corrected chi connectivity index (χ4v) is 3.73. The highest BCUT2D eigenvalue weighted by molar-refractivity contribution is 5.74. The predicted molar refractivity (Wildman–Crippen MR) is 81.4 cm³/mol. The van der Waals surface area contributed by atoms with Crippen LogP contribution >= 0.6 is 0 Å². The molecule has 0 bridgehead atoms. The van der Waals surface area contributed by atoms with Crippen LogP contribution in [0.3, 0.4) is 0 Å². The van der Waals surface area contributed by atoms with Crippen LogP contribution < -0.4 is 10.6 Å². The van der Waals surface area contributed by atoms with Crippen molar-refractivity contribution in [3.05, 3.63) is 0 Å². The van der Waals surface area contributed by atoms with Crippen molar-refractivity contribution in [1.82, 2.24) is 10.6 Å². The van der Waals surface area contributed by atoms with Crippen LogP contribution in [0.5, 0.6) is 0 Å². The lowest BCUT2D eigenvalue weighted by Crippen LogP contribution is -2.46. The van der Waals surface area contributed by atoms with Gasteiger partial charge in [-0.3, -0.25) is 4.79 Å². The maximum Gasteiger partial charge on any atom is 0.391 e. The van der Waals surface area contributed by atoms with Crippen LogP contribution in [0, 0.1) is 17.8 Å². The zero-order valence-corrected chi connectivity index (χ0v) is 13.6. The summed E-state index contributed by atoms with van der Waals surface area (Å²) in [7, 11) is 0. The molecule has 5 nitrogen and oxygen atoms in total. The third-order valence-corrected chi connectivity index (χ3v) is 5.21. The summed E-state index contributed by atoms with van der Waals surface area (Å²) in [6.45, 7) is 0.253. The number of carboxylic acid groups (broad SMARTS) is 1. The third kappa shape index (κ3) is 5.56. The van der Waals surface area contributed by atoms with Crippen LogP contribution in [0.2, 0.25) is 0 Å². The van der Waals surface area contributed by atoms with Gasteiger partial charge >= 0.3 is 18.2 Å². The smallest absolute Gasteiger partial charge is 0.391 e. The van der Waals surface area contributed by atoms with Crippen LogP contribution in [0.15, 0.2) is 0 Å². The second kappa shape index (κ2) is 8.07. The molecule has 2 saturated carbocycles. The Bertz CT molecular complexity index is 448. The molecular weight excluding hydrogens is 325 g/mol. The summed E-state index contributed by atoms with van der Waals surface area (Å²) in [5.74, 6) is -2.53. The Morgan fingerprint density at radius 3 is 2.29 bits per heavy atom. The molecule has 138 valence electrons. The number of alkyl halides is 3. The second-order valence-corrected chi connectivity index (χ2v) is 7.01. The molecule has 24 heavy (non-hydrogen) atoms. The van der Waals surface area contributed by atoms with Crippen molar-refractivity contribution in [3.8, 4) is 0 Å². The van der Waals surface area contributed by atoms with E-state index in [0.717, 1.165) is 0 Å². The number of carbonyl (C=O) groups is 2. The Labute approximate surface area is 139 Å². The van der Waals surface area contributed by atoms with Crippen molar-refractivity contribution in [2.45, 2.75) is 63.6 Å². The van der Waals surface area contributed by atoms with Crippen molar-refractivity contribution in [2.75, 3.05) is 6.54 Å². The molecule has 2 atom stereocenters. The van der Waals surface area contributed by atoms with Gasteiger partial charge in [0.25, 0.3) is 0 Å². The van der Waals surface area contributed by atoms with Gasteiger partial charge in [0.1, 0.15) is 0 Å². The molecule has 0 aliphatic heterocycles. The quantitative estimate of drug-likeness (QED) is 0.728. The lowest BCUT2D eigenvalue weighted by molar-refractivity contribution is -0.185. The van der Waals surface area contributed by atoms with E-state index >= 15 is 0 Å². The molecule has 2 amide bonds. The van der Waals surface area contributed by atoms with E-state index in [2.05, 4.69) is 10.6 Å². The number of aliphatic carboxylic acids is 1. The summed E-state index contributed by atoms with van der Waals surface area (Å²) in [5.41, 5.74) is 0. The van der Waals surface area contributed by atoms with E-state index in [-0.39, 0.29) is 43.3 Å². The number of urea groups is 1. The first-order valence-corrected chi connectivity index (χ1v) is 8.59. The van der Waals surface area contributed by atoms with Gasteiger partial charge in [0.2, 0.25) is 0 Å². The van der Waals surface area contributed by atoms with Crippen LogP contribution in [0.25, 0.3) is 0 Å². The average molecular weight is 350 g/mol. The first kappa shape index (κ1) is 18.9. The number of hydrogen-bond donors (Lipinski definition) is 3. The van der Waals surface area contributed by atoms with E-state index in [0.29, 0.717) is 38.5 Å². The molecule has 2 aliphatic carbocycles. The van der Waals surface area contributed by atoms with E-state index in [1.807, 2.05) is 0 Å². The van der Waals surface area contributed by atoms with Gasteiger partial charge in [-0.15, -0.1) is 0 Å². The van der Waals surface area contributed by atoms with Crippen LogP contribution in [0.4, 0.5) is 18.0 Å². The summed E-state index contributed by atoms with van der Waals surface area (Å²) >= 11 is 0. The number of carbonyl (C=O) groups excluding carboxylic acids is 1. The van der Waals surface area contributed by atoms with Crippen LogP contribution in [-0.2, 0) is 4.79 Å². The molecule has 2 aliphatic rings. The van der Waals surface area contributed by atoms with Gasteiger partial charge in [-0.2, -0.15) is 13.2 Å². The highest BCUT2D eigenvalue weighted by Crippen LogP contribution is 2.39. The largest absolute Gasteiger partial charge is 0.481 e. The fraction of sp³-hybridized carbons (Fsp3) is 0.875. The Hall–Kier alpha value is -1.47. The van der Waals surface area contributed by atoms with E-state index in [9.17, 15) is 22.8 Å². The highest BCUT2D eigenvalue weighted by atomic mass is 19.4. The van der Waals surface area contributed by atoms with Crippen molar-refractivity contribution in [3.63, 3.8) is 0 Å². The molecule has 2 unspecified atom stereocenters. The summed E-state index contributed by atoms with van der Waals surface area (Å²) in [6, 6.07) is -0.433. The number of nitrogens with one attached hydrogen (secondary N) is 2. The number of amides is 2. The molecule has 0 aromatic carbocycles. The van der Waals surface area contributed by atoms with Gasteiger partial charge in [0, 0.05) is 12.6 Å². The molecule has 0 radical (unpaired) electrons. The number of rotatable bonds is 4. The van der Waals surface area contributed by atoms with Gasteiger partial charge < -0.3 is 15.7 Å². The number of halogens is 3. The Morgan fingerprint density at radius 2 is 1.71 bits per heavy atom. The molecule has 0 spiro atoms. The SMILES string of the molecule is O=C(NCC1CCCC(C(F)(F)F)C1)NC1CCC(C(=O)O)CC1. The van der Waals surface area contributed by atoms with Gasteiger partial charge in [-0.05, 0) is 50.9 Å². The topological polar surface area (TPSA) is 78.4 Å². The zero-order chi connectivity index (χ0) is 17.7. The number of carboxylic acids is 1. The maximum absolute atomic E-state index is 12.8. The molecule has 3 N–H and O–H groups in total. The Balaban J connectivity index is 1.67. The Morgan fingerprint density at radius 1 is 1.04 bits per heavy atom. The van der Waals surface area contributed by atoms with Gasteiger partial charge in [-0.25, -0.2) is 4.79 Å². The van der Waals surface area contributed by atoms with Crippen LogP contribution in [-0.4, -0.2) is 35.9 Å². The summed E-state index contributed by atoms with van der Waals surface area (Å²) in [5, 5.41) is 14.4. The lowest BCUT2D eigenvalue weighted by atomic mass is 9.81. The van der Waals surface area contributed by atoms with Crippen molar-refractivity contribution in [1.29, 1.82) is 0 Å². The minimum Gasteiger partial charge on any atom is -0.481 e. The van der Waals surface area contributed by atoms with Crippen molar-refractivity contribution < 1.29 is 27.9 Å². The van der Waals surface area contributed by atoms with Crippen molar-refractivity contribution in [2.24, 2.45) is 17.8 Å². The summed E-state index contributed by atoms with van der Waals surface area (Å²) in [6.07, 6.45) is -0.343. The zero-order valence-electron chi connectivity index (χ0n) is 13.6. The molecule has 0 aromatic rings. The average Bonchev–Trinajstić information content (AvgIpc) is 2.53. The maximum atomic E-state index is 12.8. The standard InChI is InChI=1S/C16H25F3N2O3/c17-16(18,19)12-3-1-2-10(8-12)9-20-15(24)21-13-6-4-11(5-7-13)14(22)23/h10-13H,1-9H2,(H,22,23)(H2,20,21,24). The second-order valence-electron chi connectivity index (χ2n) is 7.01. The fourth-order valence-electron chi connectivity index (χ4n) is 3.73. The monoisotopic (exact) mass is 350 g/mol. The third-order valence-electron chi connectivity index (χ3n) is 5.21. The molecule has 8 heteroatoms. The minimum absolute atomic E-state index is 0.0603. The molecular formula is C16H25F3N2O3. The first-order valence-electron chi connectivity index (χ1n) is 8.59. The van der Waals surface area contributed by atoms with Crippen LogP contribution in [0.1, 0.15) is 51.4 Å². The van der Waals surface area contributed by atoms with E-state index < -0.39 is 18.1 Å². The molecule has 0 aromatic heterocycles. The summed E-state index contributed by atoms with van der Waals surface area (Å²) in [4.78, 5) is 22.8. The molecule has 0 saturated heterocycles. The van der Waals surface area contributed by atoms with Gasteiger partial charge in [0.15, 0.2) is 0 Å². The van der Waals surface area contributed by atoms with Gasteiger partial charge in [0.05, 0.1) is 11.8 Å². The Kier molecular flexibility index (Phi) is 6.34. The first-order chi connectivity index (χ1) is 11.3. The molecule has 0 heterocycles. The normalized spacial score (nSPS) is 31.3. The molecule has 2 rings (SSSR count). The van der Waals surface area contributed by atoms with Gasteiger partial charge in [-0.1, -0.05) is 6.42 Å².